The summed E-state index contributed by atoms with van der Waals surface area (Å²) in [5, 5.41) is 9.16. The topological polar surface area (TPSA) is 33.0 Å². The van der Waals surface area contributed by atoms with Crippen molar-refractivity contribution in [3.05, 3.63) is 29.8 Å². The van der Waals surface area contributed by atoms with E-state index in [1.165, 1.54) is 0 Å². The van der Waals surface area contributed by atoms with E-state index in [-0.39, 0.29) is 11.5 Å². The van der Waals surface area contributed by atoms with Crippen LogP contribution in [0.5, 0.6) is 5.75 Å². The first-order valence-electron chi connectivity index (χ1n) is 5.35. The van der Waals surface area contributed by atoms with Crippen molar-refractivity contribution in [2.24, 2.45) is 0 Å². The molecule has 2 nitrogen and oxygen atoms in total. The van der Waals surface area contributed by atoms with Gasteiger partial charge in [-0.2, -0.15) is 5.26 Å². The molecule has 78 valence electrons. The molecule has 1 aliphatic carbocycles. The molecule has 0 radical (unpaired) electrons. The molecule has 1 aliphatic rings. The van der Waals surface area contributed by atoms with Gasteiger partial charge in [0.05, 0.1) is 17.6 Å². The van der Waals surface area contributed by atoms with E-state index in [1.807, 2.05) is 38.1 Å². The first kappa shape index (κ1) is 10.0. The van der Waals surface area contributed by atoms with Crippen LogP contribution in [0.3, 0.4) is 0 Å². The molecule has 0 spiro atoms. The van der Waals surface area contributed by atoms with Crippen molar-refractivity contribution in [3.8, 4) is 11.8 Å². The molecule has 1 fully saturated rings. The SMILES string of the molecule is CC(C)Oc1ccccc1C1(C#N)CC1. The second-order valence-electron chi connectivity index (χ2n) is 4.36. The van der Waals surface area contributed by atoms with E-state index >= 15 is 0 Å². The number of nitriles is 1. The Morgan fingerprint density at radius 1 is 1.33 bits per heavy atom. The number of hydrogen-bond acceptors (Lipinski definition) is 2. The molecule has 0 heterocycles. The van der Waals surface area contributed by atoms with Gasteiger partial charge in [0.25, 0.3) is 0 Å². The average molecular weight is 201 g/mol. The van der Waals surface area contributed by atoms with Gasteiger partial charge in [-0.15, -0.1) is 0 Å². The normalized spacial score (nSPS) is 17.2. The van der Waals surface area contributed by atoms with Gasteiger partial charge in [0.2, 0.25) is 0 Å². The lowest BCUT2D eigenvalue weighted by atomic mass is 9.97. The van der Waals surface area contributed by atoms with Crippen molar-refractivity contribution in [2.45, 2.75) is 38.2 Å². The predicted octanol–water partition coefficient (Wildman–Crippen LogP) is 3.03. The first-order valence-corrected chi connectivity index (χ1v) is 5.35. The zero-order valence-corrected chi connectivity index (χ0v) is 9.16. The van der Waals surface area contributed by atoms with Gasteiger partial charge in [0.15, 0.2) is 0 Å². The number of benzene rings is 1. The summed E-state index contributed by atoms with van der Waals surface area (Å²) in [5.41, 5.74) is 0.798. The van der Waals surface area contributed by atoms with Crippen molar-refractivity contribution in [1.82, 2.24) is 0 Å². The highest BCUT2D eigenvalue weighted by Gasteiger charge is 2.46. The molecule has 0 bridgehead atoms. The van der Waals surface area contributed by atoms with Gasteiger partial charge in [0.1, 0.15) is 5.75 Å². The van der Waals surface area contributed by atoms with E-state index in [0.29, 0.717) is 0 Å². The number of nitrogens with zero attached hydrogens (tertiary/aromatic N) is 1. The van der Waals surface area contributed by atoms with Gasteiger partial charge in [-0.05, 0) is 32.8 Å². The Labute approximate surface area is 90.5 Å². The maximum atomic E-state index is 9.16. The molecule has 1 saturated carbocycles. The van der Waals surface area contributed by atoms with Gasteiger partial charge >= 0.3 is 0 Å². The molecular weight excluding hydrogens is 186 g/mol. The standard InChI is InChI=1S/C13H15NO/c1-10(2)15-12-6-4-3-5-11(12)13(9-14)7-8-13/h3-6,10H,7-8H2,1-2H3. The summed E-state index contributed by atoms with van der Waals surface area (Å²) >= 11 is 0. The molecule has 0 saturated heterocycles. The van der Waals surface area contributed by atoms with Crippen molar-refractivity contribution in [1.29, 1.82) is 5.26 Å². The molecule has 0 atom stereocenters. The van der Waals surface area contributed by atoms with Crippen molar-refractivity contribution in [2.75, 3.05) is 0 Å². The Kier molecular flexibility index (Phi) is 2.40. The highest BCUT2D eigenvalue weighted by molar-refractivity contribution is 5.47. The molecule has 2 rings (SSSR count). The maximum absolute atomic E-state index is 9.16. The van der Waals surface area contributed by atoms with Crippen molar-refractivity contribution < 1.29 is 4.74 Å². The van der Waals surface area contributed by atoms with Gasteiger partial charge < -0.3 is 4.74 Å². The summed E-state index contributed by atoms with van der Waals surface area (Å²) in [7, 11) is 0. The maximum Gasteiger partial charge on any atom is 0.124 e. The molecule has 1 aromatic rings. The van der Waals surface area contributed by atoms with Crippen LogP contribution in [0.25, 0.3) is 0 Å². The summed E-state index contributed by atoms with van der Waals surface area (Å²) in [6.45, 7) is 4.01. The van der Waals surface area contributed by atoms with E-state index < -0.39 is 0 Å². The largest absolute Gasteiger partial charge is 0.491 e. The smallest absolute Gasteiger partial charge is 0.124 e. The van der Waals surface area contributed by atoms with Crippen LogP contribution in [-0.2, 0) is 5.41 Å². The molecule has 0 amide bonds. The van der Waals surface area contributed by atoms with E-state index in [1.54, 1.807) is 0 Å². The van der Waals surface area contributed by atoms with E-state index in [0.717, 1.165) is 24.2 Å². The van der Waals surface area contributed by atoms with Crippen molar-refractivity contribution >= 4 is 0 Å². The molecular formula is C13H15NO. The number of rotatable bonds is 3. The van der Waals surface area contributed by atoms with Gasteiger partial charge in [-0.25, -0.2) is 0 Å². The fraction of sp³-hybridized carbons (Fsp3) is 0.462. The van der Waals surface area contributed by atoms with Crippen LogP contribution in [0.1, 0.15) is 32.3 Å². The lowest BCUT2D eigenvalue weighted by molar-refractivity contribution is 0.239. The molecule has 1 aromatic carbocycles. The van der Waals surface area contributed by atoms with Crippen LogP contribution in [0.15, 0.2) is 24.3 Å². The Hall–Kier alpha value is -1.49. The van der Waals surface area contributed by atoms with E-state index in [9.17, 15) is 0 Å². The Morgan fingerprint density at radius 2 is 2.00 bits per heavy atom. The zero-order valence-electron chi connectivity index (χ0n) is 9.16. The highest BCUT2D eigenvalue weighted by atomic mass is 16.5. The van der Waals surface area contributed by atoms with Crippen LogP contribution in [0.2, 0.25) is 0 Å². The molecule has 15 heavy (non-hydrogen) atoms. The van der Waals surface area contributed by atoms with Crippen LogP contribution in [0, 0.1) is 11.3 Å². The van der Waals surface area contributed by atoms with Crippen LogP contribution in [-0.4, -0.2) is 6.10 Å². The lowest BCUT2D eigenvalue weighted by Crippen LogP contribution is -2.11. The average Bonchev–Trinajstić information content (AvgIpc) is 2.98. The summed E-state index contributed by atoms with van der Waals surface area (Å²) in [5.74, 6) is 0.867. The minimum absolute atomic E-state index is 0.153. The highest BCUT2D eigenvalue weighted by Crippen LogP contribution is 2.50. The second-order valence-corrected chi connectivity index (χ2v) is 4.36. The van der Waals surface area contributed by atoms with Crippen LogP contribution < -0.4 is 4.74 Å². The minimum Gasteiger partial charge on any atom is -0.491 e. The third-order valence-corrected chi connectivity index (χ3v) is 2.73. The molecule has 0 aliphatic heterocycles. The molecule has 0 N–H and O–H groups in total. The predicted molar refractivity (Wildman–Crippen MR) is 58.7 cm³/mol. The summed E-state index contributed by atoms with van der Waals surface area (Å²) in [4.78, 5) is 0. The second kappa shape index (κ2) is 3.58. The summed E-state index contributed by atoms with van der Waals surface area (Å²) in [6, 6.07) is 10.3. The number of para-hydroxylation sites is 1. The monoisotopic (exact) mass is 201 g/mol. The third-order valence-electron chi connectivity index (χ3n) is 2.73. The summed E-state index contributed by atoms with van der Waals surface area (Å²) in [6.07, 6.45) is 2.07. The van der Waals surface area contributed by atoms with Gasteiger partial charge in [-0.1, -0.05) is 18.2 Å². The first-order chi connectivity index (χ1) is 7.18. The Balaban J connectivity index is 2.35. The van der Waals surface area contributed by atoms with Crippen LogP contribution >= 0.6 is 0 Å². The molecule has 2 heteroatoms. The Morgan fingerprint density at radius 3 is 2.53 bits per heavy atom. The number of hydrogen-bond donors (Lipinski definition) is 0. The number of ether oxygens (including phenoxy) is 1. The lowest BCUT2D eigenvalue weighted by Gasteiger charge is -2.16. The third kappa shape index (κ3) is 1.83. The Bertz CT molecular complexity index is 399. The van der Waals surface area contributed by atoms with E-state index in [4.69, 9.17) is 10.00 Å². The summed E-state index contributed by atoms with van der Waals surface area (Å²) < 4.78 is 5.72. The molecule has 0 unspecified atom stereocenters. The minimum atomic E-state index is -0.258. The zero-order chi connectivity index (χ0) is 10.9. The van der Waals surface area contributed by atoms with E-state index in [2.05, 4.69) is 6.07 Å². The van der Waals surface area contributed by atoms with Gasteiger partial charge in [0, 0.05) is 5.56 Å². The fourth-order valence-corrected chi connectivity index (χ4v) is 1.79. The quantitative estimate of drug-likeness (QED) is 0.753. The molecule has 0 aromatic heterocycles. The fourth-order valence-electron chi connectivity index (χ4n) is 1.79. The van der Waals surface area contributed by atoms with Crippen molar-refractivity contribution in [3.63, 3.8) is 0 Å². The van der Waals surface area contributed by atoms with Gasteiger partial charge in [-0.3, -0.25) is 0 Å². The van der Waals surface area contributed by atoms with Crippen LogP contribution in [0.4, 0.5) is 0 Å².